The molecular formula is C16H14F3N3. The van der Waals surface area contributed by atoms with Gasteiger partial charge >= 0.3 is 6.18 Å². The third kappa shape index (κ3) is 2.81. The van der Waals surface area contributed by atoms with E-state index in [-0.39, 0.29) is 11.1 Å². The van der Waals surface area contributed by atoms with Gasteiger partial charge in [0.25, 0.3) is 0 Å². The van der Waals surface area contributed by atoms with Gasteiger partial charge in [0.15, 0.2) is 0 Å². The summed E-state index contributed by atoms with van der Waals surface area (Å²) in [6.45, 7) is 4.17. The summed E-state index contributed by atoms with van der Waals surface area (Å²) in [6.07, 6.45) is 3.33. The second-order valence-electron chi connectivity index (χ2n) is 5.85. The van der Waals surface area contributed by atoms with E-state index in [1.54, 1.807) is 12.3 Å². The summed E-state index contributed by atoms with van der Waals surface area (Å²) in [5.74, 6) is 0. The molecule has 0 fully saturated rings. The van der Waals surface area contributed by atoms with Crippen LogP contribution in [0, 0.1) is 5.41 Å². The summed E-state index contributed by atoms with van der Waals surface area (Å²) in [7, 11) is 0. The average molecular weight is 305 g/mol. The molecule has 114 valence electrons. The molecule has 3 nitrogen and oxygen atoms in total. The highest BCUT2D eigenvalue weighted by molar-refractivity contribution is 5.79. The zero-order chi connectivity index (χ0) is 16.0. The number of aromatic amines is 1. The van der Waals surface area contributed by atoms with Gasteiger partial charge < -0.3 is 0 Å². The molecule has 3 rings (SSSR count). The Morgan fingerprint density at radius 1 is 1.14 bits per heavy atom. The van der Waals surface area contributed by atoms with Crippen molar-refractivity contribution in [2.75, 3.05) is 0 Å². The van der Waals surface area contributed by atoms with E-state index >= 15 is 0 Å². The van der Waals surface area contributed by atoms with Crippen LogP contribution in [0.4, 0.5) is 13.2 Å². The van der Waals surface area contributed by atoms with Crippen molar-refractivity contribution in [2.45, 2.75) is 20.0 Å². The molecule has 1 aliphatic carbocycles. The minimum atomic E-state index is -4.44. The molecule has 0 unspecified atom stereocenters. The van der Waals surface area contributed by atoms with E-state index in [0.29, 0.717) is 5.69 Å². The summed E-state index contributed by atoms with van der Waals surface area (Å²) in [5, 5.41) is 5.71. The number of halogens is 3. The molecule has 0 spiro atoms. The van der Waals surface area contributed by atoms with Gasteiger partial charge in [-0.2, -0.15) is 18.3 Å². The second-order valence-corrected chi connectivity index (χ2v) is 5.85. The number of hydrogen-bond donors (Lipinski definition) is 1. The van der Waals surface area contributed by atoms with E-state index in [0.717, 1.165) is 17.2 Å². The monoisotopic (exact) mass is 305 g/mol. The topological polar surface area (TPSA) is 41.6 Å². The van der Waals surface area contributed by atoms with Crippen molar-refractivity contribution in [1.82, 2.24) is 15.2 Å². The number of alkyl halides is 3. The van der Waals surface area contributed by atoms with E-state index in [4.69, 9.17) is 0 Å². The third-order valence-corrected chi connectivity index (χ3v) is 3.46. The Kier molecular flexibility index (Phi) is 3.20. The number of nitrogens with zero attached hydrogens (tertiary/aromatic N) is 2. The van der Waals surface area contributed by atoms with Crippen LogP contribution in [0.5, 0.6) is 0 Å². The van der Waals surface area contributed by atoms with E-state index in [2.05, 4.69) is 36.1 Å². The Labute approximate surface area is 125 Å². The molecule has 22 heavy (non-hydrogen) atoms. The van der Waals surface area contributed by atoms with Crippen LogP contribution in [0.1, 0.15) is 25.1 Å². The number of allylic oxidation sites excluding steroid dienone is 4. The first kappa shape index (κ1) is 14.6. The van der Waals surface area contributed by atoms with E-state index < -0.39 is 11.9 Å². The van der Waals surface area contributed by atoms with E-state index in [1.165, 1.54) is 0 Å². The molecule has 2 aromatic rings. The van der Waals surface area contributed by atoms with Crippen molar-refractivity contribution in [1.29, 1.82) is 0 Å². The van der Waals surface area contributed by atoms with Gasteiger partial charge in [0.1, 0.15) is 11.4 Å². The largest absolute Gasteiger partial charge is 0.432 e. The normalized spacial score (nSPS) is 16.9. The average Bonchev–Trinajstić information content (AvgIpc) is 3.05. The molecule has 0 amide bonds. The van der Waals surface area contributed by atoms with Gasteiger partial charge in [-0.3, -0.25) is 10.1 Å². The van der Waals surface area contributed by atoms with Gasteiger partial charge in [-0.25, -0.2) is 0 Å². The highest BCUT2D eigenvalue weighted by Gasteiger charge is 2.33. The maximum Gasteiger partial charge on any atom is 0.432 e. The molecule has 0 radical (unpaired) electrons. The van der Waals surface area contributed by atoms with Crippen molar-refractivity contribution >= 4 is 5.57 Å². The predicted octanol–water partition coefficient (Wildman–Crippen LogP) is 4.47. The second kappa shape index (κ2) is 4.83. The molecule has 0 aromatic carbocycles. The SMILES string of the molecule is CC1(C)C=CC(c2ccnc(-c3cc(C(F)(F)F)[nH]n3)c2)=C1. The third-order valence-electron chi connectivity index (χ3n) is 3.46. The van der Waals surface area contributed by atoms with Crippen molar-refractivity contribution in [3.05, 3.63) is 53.9 Å². The van der Waals surface area contributed by atoms with Crippen molar-refractivity contribution < 1.29 is 13.2 Å². The van der Waals surface area contributed by atoms with Crippen LogP contribution in [0.15, 0.2) is 42.6 Å². The first-order valence-electron chi connectivity index (χ1n) is 6.76. The molecule has 6 heteroatoms. The van der Waals surface area contributed by atoms with Crippen LogP contribution in [0.3, 0.4) is 0 Å². The van der Waals surface area contributed by atoms with E-state index in [1.807, 2.05) is 17.2 Å². The summed E-state index contributed by atoms with van der Waals surface area (Å²) in [4.78, 5) is 4.11. The van der Waals surface area contributed by atoms with Gasteiger partial charge in [-0.05, 0) is 29.3 Å². The fourth-order valence-corrected chi connectivity index (χ4v) is 2.33. The van der Waals surface area contributed by atoms with Crippen molar-refractivity contribution in [2.24, 2.45) is 5.41 Å². The molecule has 1 N–H and O–H groups in total. The Hall–Kier alpha value is -2.37. The molecule has 0 saturated heterocycles. The van der Waals surface area contributed by atoms with Crippen LogP contribution < -0.4 is 0 Å². The number of aromatic nitrogens is 3. The summed E-state index contributed by atoms with van der Waals surface area (Å²) < 4.78 is 37.9. The molecular weight excluding hydrogens is 291 g/mol. The number of hydrogen-bond acceptors (Lipinski definition) is 2. The zero-order valence-electron chi connectivity index (χ0n) is 12.1. The zero-order valence-corrected chi connectivity index (χ0v) is 12.1. The molecule has 1 aliphatic rings. The maximum absolute atomic E-state index is 12.6. The number of pyridine rings is 1. The van der Waals surface area contributed by atoms with Crippen LogP contribution in [-0.2, 0) is 6.18 Å². The molecule has 0 atom stereocenters. The van der Waals surface area contributed by atoms with Gasteiger partial charge in [0.05, 0.1) is 5.69 Å². The quantitative estimate of drug-likeness (QED) is 0.889. The smallest absolute Gasteiger partial charge is 0.273 e. The highest BCUT2D eigenvalue weighted by atomic mass is 19.4. The Bertz CT molecular complexity index is 767. The number of rotatable bonds is 2. The van der Waals surface area contributed by atoms with Crippen molar-refractivity contribution in [3.8, 4) is 11.4 Å². The summed E-state index contributed by atoms with van der Waals surface area (Å²) in [6, 6.07) is 4.54. The fourth-order valence-electron chi connectivity index (χ4n) is 2.33. The Balaban J connectivity index is 1.96. The Morgan fingerprint density at radius 2 is 1.91 bits per heavy atom. The molecule has 2 aromatic heterocycles. The van der Waals surface area contributed by atoms with Crippen LogP contribution >= 0.6 is 0 Å². The van der Waals surface area contributed by atoms with Crippen LogP contribution in [0.25, 0.3) is 17.0 Å². The molecule has 0 saturated carbocycles. The standard InChI is InChI=1S/C16H14F3N3/c1-15(2)5-3-11(9-15)10-4-6-20-12(7-10)13-8-14(22-21-13)16(17,18)19/h3-9H,1-2H3,(H,21,22). The minimum Gasteiger partial charge on any atom is -0.273 e. The lowest BCUT2D eigenvalue weighted by Gasteiger charge is -2.09. The van der Waals surface area contributed by atoms with Crippen molar-refractivity contribution in [3.63, 3.8) is 0 Å². The number of nitrogens with one attached hydrogen (secondary N) is 1. The summed E-state index contributed by atoms with van der Waals surface area (Å²) in [5.41, 5.74) is 1.62. The lowest BCUT2D eigenvalue weighted by Crippen LogP contribution is -2.04. The first-order valence-corrected chi connectivity index (χ1v) is 6.76. The molecule has 0 aliphatic heterocycles. The molecule has 2 heterocycles. The van der Waals surface area contributed by atoms with Crippen LogP contribution in [-0.4, -0.2) is 15.2 Å². The van der Waals surface area contributed by atoms with Gasteiger partial charge in [-0.1, -0.05) is 32.1 Å². The lowest BCUT2D eigenvalue weighted by molar-refractivity contribution is -0.141. The Morgan fingerprint density at radius 3 is 2.50 bits per heavy atom. The summed E-state index contributed by atoms with van der Waals surface area (Å²) >= 11 is 0. The van der Waals surface area contributed by atoms with Gasteiger partial charge in [-0.15, -0.1) is 0 Å². The number of H-pyrrole nitrogens is 1. The van der Waals surface area contributed by atoms with E-state index in [9.17, 15) is 13.2 Å². The van der Waals surface area contributed by atoms with Crippen LogP contribution in [0.2, 0.25) is 0 Å². The minimum absolute atomic E-state index is 0.0193. The molecule has 0 bridgehead atoms. The fraction of sp³-hybridized carbons (Fsp3) is 0.250. The maximum atomic E-state index is 12.6. The first-order chi connectivity index (χ1) is 10.2. The predicted molar refractivity (Wildman–Crippen MR) is 77.7 cm³/mol. The highest BCUT2D eigenvalue weighted by Crippen LogP contribution is 2.34. The van der Waals surface area contributed by atoms with Gasteiger partial charge in [0.2, 0.25) is 0 Å². The van der Waals surface area contributed by atoms with Gasteiger partial charge in [0, 0.05) is 11.6 Å². The lowest BCUT2D eigenvalue weighted by atomic mass is 9.95.